The van der Waals surface area contributed by atoms with Crippen molar-refractivity contribution in [1.29, 1.82) is 0 Å². The number of aryl methyl sites for hydroxylation is 1. The van der Waals surface area contributed by atoms with Gasteiger partial charge in [-0.1, -0.05) is 25.5 Å². The Kier molecular flexibility index (Phi) is 13.9. The number of para-hydroxylation sites is 1. The molecule has 1 saturated heterocycles. The highest BCUT2D eigenvalue weighted by atomic mass is 35.5. The first-order valence-electron chi connectivity index (χ1n) is 15.9. The Balaban J connectivity index is 0.00000325. The van der Waals surface area contributed by atoms with Crippen molar-refractivity contribution in [3.63, 3.8) is 0 Å². The Morgan fingerprint density at radius 2 is 1.73 bits per heavy atom. The second-order valence-electron chi connectivity index (χ2n) is 11.9. The van der Waals surface area contributed by atoms with Gasteiger partial charge in [-0.25, -0.2) is 0 Å². The number of rotatable bonds is 12. The van der Waals surface area contributed by atoms with Crippen molar-refractivity contribution in [1.82, 2.24) is 19.8 Å². The van der Waals surface area contributed by atoms with E-state index in [0.717, 1.165) is 37.8 Å². The molecule has 1 aliphatic rings. The van der Waals surface area contributed by atoms with E-state index in [9.17, 15) is 14.4 Å². The van der Waals surface area contributed by atoms with Crippen LogP contribution in [0.2, 0.25) is 0 Å². The van der Waals surface area contributed by atoms with Gasteiger partial charge in [-0.3, -0.25) is 29.3 Å². The van der Waals surface area contributed by atoms with Crippen LogP contribution in [0.1, 0.15) is 52.5 Å². The van der Waals surface area contributed by atoms with E-state index in [4.69, 9.17) is 9.47 Å². The van der Waals surface area contributed by atoms with Crippen LogP contribution in [0.15, 0.2) is 67.0 Å². The summed E-state index contributed by atoms with van der Waals surface area (Å²) in [6.45, 7) is 7.10. The molecule has 1 aromatic heterocycles. The van der Waals surface area contributed by atoms with Crippen LogP contribution in [0.5, 0.6) is 11.5 Å². The number of fused-ring (bicyclic) bond motifs is 1. The molecule has 3 aromatic carbocycles. The fourth-order valence-electron chi connectivity index (χ4n) is 5.81. The molecule has 1 fully saturated rings. The lowest BCUT2D eigenvalue weighted by molar-refractivity contribution is -0.146. The number of carbonyl (C=O) groups is 3. The summed E-state index contributed by atoms with van der Waals surface area (Å²) in [6.07, 6.45) is 6.31. The molecule has 0 radical (unpaired) electrons. The molecule has 1 unspecified atom stereocenters. The summed E-state index contributed by atoms with van der Waals surface area (Å²) in [5.41, 5.74) is 2.52. The molecule has 0 saturated carbocycles. The standard InChI is InChI=1S/C36H42N6O5.2ClH/c1-6-7-15-36(24-43,42-20-18-40(3)19-21-42)47-32-22-25(2)11-14-30(32)41(4)35(45)26-12-13-28(31(23-26)46-5)39-34(44)27-9-8-10-29-33(27)38-17-16-37-29;;/h8-14,16-17,22-24H,6-7,15,18-21H2,1-5H3,(H,39,44);2*1H. The number of methoxy groups -OCH3 is 1. The van der Waals surface area contributed by atoms with Crippen LogP contribution in [0.4, 0.5) is 11.4 Å². The number of piperazine rings is 1. The van der Waals surface area contributed by atoms with Crippen LogP contribution in [-0.2, 0) is 4.79 Å². The number of aldehydes is 1. The Labute approximate surface area is 299 Å². The van der Waals surface area contributed by atoms with Crippen LogP contribution in [0.3, 0.4) is 0 Å². The number of halogens is 2. The monoisotopic (exact) mass is 710 g/mol. The van der Waals surface area contributed by atoms with Gasteiger partial charge in [0.25, 0.3) is 11.8 Å². The van der Waals surface area contributed by atoms with Crippen LogP contribution in [0.25, 0.3) is 11.0 Å². The Bertz CT molecular complexity index is 1760. The van der Waals surface area contributed by atoms with Crippen molar-refractivity contribution in [2.75, 3.05) is 57.6 Å². The molecule has 2 heterocycles. The number of anilines is 2. The molecule has 1 atom stereocenters. The van der Waals surface area contributed by atoms with Gasteiger partial charge in [-0.15, -0.1) is 24.8 Å². The molecule has 1 aliphatic heterocycles. The molecule has 49 heavy (non-hydrogen) atoms. The molecule has 0 bridgehead atoms. The number of aromatic nitrogens is 2. The fraction of sp³-hybridized carbons (Fsp3) is 0.361. The molecule has 262 valence electrons. The van der Waals surface area contributed by atoms with Gasteiger partial charge in [0, 0.05) is 57.6 Å². The molecule has 5 rings (SSSR count). The van der Waals surface area contributed by atoms with Gasteiger partial charge in [0.2, 0.25) is 5.72 Å². The van der Waals surface area contributed by atoms with Crippen LogP contribution in [0, 0.1) is 6.92 Å². The normalized spacial score (nSPS) is 14.5. The highest BCUT2D eigenvalue weighted by Gasteiger charge is 2.40. The van der Waals surface area contributed by atoms with Gasteiger partial charge in [0.1, 0.15) is 17.0 Å². The van der Waals surface area contributed by atoms with Gasteiger partial charge < -0.3 is 24.6 Å². The fourth-order valence-corrected chi connectivity index (χ4v) is 5.81. The van der Waals surface area contributed by atoms with Crippen molar-refractivity contribution < 1.29 is 23.9 Å². The number of nitrogens with zero attached hydrogens (tertiary/aromatic N) is 5. The summed E-state index contributed by atoms with van der Waals surface area (Å²) in [7, 11) is 5.22. The molecular weight excluding hydrogens is 667 g/mol. The summed E-state index contributed by atoms with van der Waals surface area (Å²) in [5, 5.41) is 2.88. The van der Waals surface area contributed by atoms with E-state index < -0.39 is 5.72 Å². The molecule has 11 nitrogen and oxygen atoms in total. The summed E-state index contributed by atoms with van der Waals surface area (Å²) in [5.74, 6) is 0.0779. The Morgan fingerprint density at radius 3 is 2.43 bits per heavy atom. The number of ether oxygens (including phenoxy) is 2. The number of hydrogen-bond acceptors (Lipinski definition) is 9. The number of likely N-dealkylation sites (N-methyl/N-ethyl adjacent to an activating group) is 1. The lowest BCUT2D eigenvalue weighted by Crippen LogP contribution is -2.60. The second kappa shape index (κ2) is 17.4. The summed E-state index contributed by atoms with van der Waals surface area (Å²) in [6, 6.07) is 15.7. The van der Waals surface area contributed by atoms with Crippen molar-refractivity contribution >= 4 is 65.3 Å². The maximum absolute atomic E-state index is 13.9. The van der Waals surface area contributed by atoms with Crippen molar-refractivity contribution in [2.45, 2.75) is 38.8 Å². The Hall–Kier alpha value is -4.29. The van der Waals surface area contributed by atoms with E-state index in [2.05, 4.69) is 39.1 Å². The van der Waals surface area contributed by atoms with Gasteiger partial charge >= 0.3 is 0 Å². The van der Waals surface area contributed by atoms with Gasteiger partial charge in [0.05, 0.1) is 29.6 Å². The minimum Gasteiger partial charge on any atom is -0.495 e. The van der Waals surface area contributed by atoms with Gasteiger partial charge in [-0.05, 0) is 68.4 Å². The zero-order valence-electron chi connectivity index (χ0n) is 28.5. The summed E-state index contributed by atoms with van der Waals surface area (Å²) < 4.78 is 12.3. The Morgan fingerprint density at radius 1 is 1.00 bits per heavy atom. The van der Waals surface area contributed by atoms with E-state index in [1.807, 2.05) is 25.1 Å². The molecule has 4 aromatic rings. The highest BCUT2D eigenvalue weighted by Crippen LogP contribution is 2.36. The highest BCUT2D eigenvalue weighted by molar-refractivity contribution is 6.12. The molecule has 0 spiro atoms. The van der Waals surface area contributed by atoms with Crippen LogP contribution < -0.4 is 19.7 Å². The predicted molar refractivity (Wildman–Crippen MR) is 197 cm³/mol. The zero-order valence-corrected chi connectivity index (χ0v) is 30.1. The largest absolute Gasteiger partial charge is 0.495 e. The number of carbonyl (C=O) groups excluding carboxylic acids is 3. The third-order valence-electron chi connectivity index (χ3n) is 8.62. The zero-order chi connectivity index (χ0) is 33.6. The summed E-state index contributed by atoms with van der Waals surface area (Å²) >= 11 is 0. The first kappa shape index (κ1) is 39.2. The number of hydrogen-bond donors (Lipinski definition) is 1. The van der Waals surface area contributed by atoms with Gasteiger partial charge in [0.15, 0.2) is 6.29 Å². The van der Waals surface area contributed by atoms with E-state index in [0.29, 0.717) is 64.5 Å². The van der Waals surface area contributed by atoms with Crippen LogP contribution in [-0.4, -0.2) is 91.0 Å². The van der Waals surface area contributed by atoms with Crippen molar-refractivity contribution in [3.8, 4) is 11.5 Å². The number of benzene rings is 3. The third kappa shape index (κ3) is 8.66. The average Bonchev–Trinajstić information content (AvgIpc) is 3.09. The number of amides is 2. The quantitative estimate of drug-likeness (QED) is 0.176. The molecule has 13 heteroatoms. The first-order valence-corrected chi connectivity index (χ1v) is 15.9. The molecular formula is C36H44Cl2N6O5. The smallest absolute Gasteiger partial charge is 0.258 e. The minimum atomic E-state index is -1.15. The minimum absolute atomic E-state index is 0. The first-order chi connectivity index (χ1) is 22.7. The van der Waals surface area contributed by atoms with Crippen molar-refractivity contribution in [3.05, 3.63) is 83.7 Å². The van der Waals surface area contributed by atoms with Crippen LogP contribution >= 0.6 is 24.8 Å². The lowest BCUT2D eigenvalue weighted by atomic mass is 10.0. The molecule has 0 aliphatic carbocycles. The lowest BCUT2D eigenvalue weighted by Gasteiger charge is -2.44. The second-order valence-corrected chi connectivity index (χ2v) is 11.9. The number of unbranched alkanes of at least 4 members (excludes halogenated alkanes) is 1. The maximum Gasteiger partial charge on any atom is 0.258 e. The van der Waals surface area contributed by atoms with E-state index in [1.165, 1.54) is 18.2 Å². The van der Waals surface area contributed by atoms with Gasteiger partial charge in [-0.2, -0.15) is 0 Å². The van der Waals surface area contributed by atoms with E-state index in [1.54, 1.807) is 49.6 Å². The average molecular weight is 712 g/mol. The molecule has 1 N–H and O–H groups in total. The van der Waals surface area contributed by atoms with Crippen molar-refractivity contribution in [2.24, 2.45) is 0 Å². The SMILES string of the molecule is CCCCC(C=O)(Oc1cc(C)ccc1N(C)C(=O)c1ccc(NC(=O)c2cccc3nccnc23)c(OC)c1)N1CCN(C)CC1.Cl.Cl. The third-order valence-corrected chi connectivity index (χ3v) is 8.62. The van der Waals surface area contributed by atoms with E-state index >= 15 is 0 Å². The maximum atomic E-state index is 13.9. The van der Waals surface area contributed by atoms with E-state index in [-0.39, 0.29) is 36.6 Å². The number of nitrogens with one attached hydrogen (secondary N) is 1. The summed E-state index contributed by atoms with van der Waals surface area (Å²) in [4.78, 5) is 54.5. The molecule has 2 amide bonds. The predicted octanol–water partition coefficient (Wildman–Crippen LogP) is 6.03. The topological polar surface area (TPSA) is 117 Å².